The number of nitrogens with two attached hydrogens (primary N) is 1. The van der Waals surface area contributed by atoms with Crippen molar-refractivity contribution in [3.05, 3.63) is 0 Å². The van der Waals surface area contributed by atoms with E-state index in [4.69, 9.17) is 22.8 Å². The third kappa shape index (κ3) is 2.58. The molecule has 1 aliphatic carbocycles. The Hall–Kier alpha value is -0.390. The van der Waals surface area contributed by atoms with E-state index >= 15 is 0 Å². The molecule has 12 heavy (non-hydrogen) atoms. The Morgan fingerprint density at radius 2 is 2.33 bits per heavy atom. The molecule has 5 heteroatoms. The first-order chi connectivity index (χ1) is 5.76. The van der Waals surface area contributed by atoms with Gasteiger partial charge in [-0.1, -0.05) is 0 Å². The van der Waals surface area contributed by atoms with Crippen LogP contribution in [0.4, 0.5) is 0 Å². The highest BCUT2D eigenvalue weighted by molar-refractivity contribution is 7.80. The molecule has 0 aliphatic heterocycles. The van der Waals surface area contributed by atoms with Crippen molar-refractivity contribution in [1.82, 2.24) is 10.7 Å². The number of rotatable bonds is 3. The van der Waals surface area contributed by atoms with Gasteiger partial charge in [-0.3, -0.25) is 0 Å². The lowest BCUT2D eigenvalue weighted by molar-refractivity contribution is -0.00563. The summed E-state index contributed by atoms with van der Waals surface area (Å²) in [6, 6.07) is 0.435. The Bertz CT molecular complexity index is 159. The van der Waals surface area contributed by atoms with E-state index in [-0.39, 0.29) is 0 Å². The molecule has 0 aromatic carbocycles. The third-order valence-electron chi connectivity index (χ3n) is 1.96. The Balaban J connectivity index is 2.05. The van der Waals surface area contributed by atoms with Gasteiger partial charge in [0.05, 0.1) is 6.10 Å². The minimum Gasteiger partial charge on any atom is -0.378 e. The highest BCUT2D eigenvalue weighted by Gasteiger charge is 2.29. The van der Waals surface area contributed by atoms with E-state index in [1.165, 1.54) is 0 Å². The van der Waals surface area contributed by atoms with Gasteiger partial charge in [0, 0.05) is 12.6 Å². The Morgan fingerprint density at radius 1 is 1.67 bits per heavy atom. The topological polar surface area (TPSA) is 59.3 Å². The fourth-order valence-electron chi connectivity index (χ4n) is 1.28. The van der Waals surface area contributed by atoms with Gasteiger partial charge < -0.3 is 15.5 Å². The Labute approximate surface area is 77.8 Å². The van der Waals surface area contributed by atoms with Gasteiger partial charge in [-0.15, -0.1) is 0 Å². The van der Waals surface area contributed by atoms with E-state index in [0.717, 1.165) is 19.4 Å². The zero-order chi connectivity index (χ0) is 8.97. The SMILES string of the molecule is CCOC1CC(NC(=S)NN)C1. The van der Waals surface area contributed by atoms with Crippen LogP contribution in [0.1, 0.15) is 19.8 Å². The minimum absolute atomic E-state index is 0.410. The number of nitrogens with one attached hydrogen (secondary N) is 2. The summed E-state index contributed by atoms with van der Waals surface area (Å²) in [5, 5.41) is 3.58. The summed E-state index contributed by atoms with van der Waals surface area (Å²) in [5.41, 5.74) is 2.39. The number of ether oxygens (including phenoxy) is 1. The van der Waals surface area contributed by atoms with Crippen molar-refractivity contribution in [2.45, 2.75) is 31.9 Å². The fourth-order valence-corrected chi connectivity index (χ4v) is 1.45. The first-order valence-corrected chi connectivity index (χ1v) is 4.55. The van der Waals surface area contributed by atoms with Crippen LogP contribution < -0.4 is 16.6 Å². The lowest BCUT2D eigenvalue weighted by atomic mass is 9.89. The lowest BCUT2D eigenvalue weighted by Crippen LogP contribution is -2.52. The molecule has 0 radical (unpaired) electrons. The molecule has 0 atom stereocenters. The summed E-state index contributed by atoms with van der Waals surface area (Å²) in [4.78, 5) is 0. The van der Waals surface area contributed by atoms with Gasteiger partial charge in [0.25, 0.3) is 0 Å². The van der Waals surface area contributed by atoms with Crippen molar-refractivity contribution < 1.29 is 4.74 Å². The molecule has 0 spiro atoms. The number of hydrogen-bond acceptors (Lipinski definition) is 3. The Kier molecular flexibility index (Phi) is 3.71. The van der Waals surface area contributed by atoms with E-state index in [0.29, 0.717) is 17.3 Å². The zero-order valence-electron chi connectivity index (χ0n) is 7.17. The molecule has 0 aromatic rings. The molecule has 0 amide bonds. The molecule has 0 unspecified atom stereocenters. The number of hydrogen-bond donors (Lipinski definition) is 3. The van der Waals surface area contributed by atoms with Gasteiger partial charge in [-0.25, -0.2) is 5.84 Å². The maximum atomic E-state index is 5.39. The molecule has 0 heterocycles. The molecule has 0 bridgehead atoms. The normalized spacial score (nSPS) is 27.5. The zero-order valence-corrected chi connectivity index (χ0v) is 7.99. The highest BCUT2D eigenvalue weighted by atomic mass is 32.1. The first kappa shape index (κ1) is 9.70. The summed E-state index contributed by atoms with van der Waals surface area (Å²) < 4.78 is 5.39. The van der Waals surface area contributed by atoms with E-state index in [9.17, 15) is 0 Å². The van der Waals surface area contributed by atoms with E-state index in [2.05, 4.69) is 10.7 Å². The molecule has 4 nitrogen and oxygen atoms in total. The van der Waals surface area contributed by atoms with Crippen molar-refractivity contribution in [3.63, 3.8) is 0 Å². The molecule has 0 aromatic heterocycles. The second kappa shape index (κ2) is 4.59. The average Bonchev–Trinajstić information content (AvgIpc) is 2.00. The van der Waals surface area contributed by atoms with Crippen molar-refractivity contribution in [2.24, 2.45) is 5.84 Å². The van der Waals surface area contributed by atoms with Crippen LogP contribution in [0.15, 0.2) is 0 Å². The van der Waals surface area contributed by atoms with Crippen LogP contribution in [-0.4, -0.2) is 23.9 Å². The summed E-state index contributed by atoms with van der Waals surface area (Å²) in [5.74, 6) is 5.11. The quantitative estimate of drug-likeness (QED) is 0.328. The van der Waals surface area contributed by atoms with Gasteiger partial charge in [0.2, 0.25) is 0 Å². The minimum atomic E-state index is 0.410. The van der Waals surface area contributed by atoms with Crippen LogP contribution in [0.3, 0.4) is 0 Å². The third-order valence-corrected chi connectivity index (χ3v) is 2.20. The summed E-state index contributed by atoms with van der Waals surface area (Å²) in [7, 11) is 0. The van der Waals surface area contributed by atoms with Gasteiger partial charge in [-0.05, 0) is 32.0 Å². The van der Waals surface area contributed by atoms with Crippen molar-refractivity contribution in [3.8, 4) is 0 Å². The molecule has 4 N–H and O–H groups in total. The maximum absolute atomic E-state index is 5.39. The van der Waals surface area contributed by atoms with Crippen molar-refractivity contribution in [1.29, 1.82) is 0 Å². The summed E-state index contributed by atoms with van der Waals surface area (Å²) in [6.45, 7) is 2.80. The second-order valence-electron chi connectivity index (χ2n) is 2.86. The van der Waals surface area contributed by atoms with Crippen LogP contribution in [-0.2, 0) is 4.74 Å². The molecule has 1 saturated carbocycles. The summed E-state index contributed by atoms with van der Waals surface area (Å²) >= 11 is 4.85. The van der Waals surface area contributed by atoms with Crippen molar-refractivity contribution >= 4 is 17.3 Å². The fraction of sp³-hybridized carbons (Fsp3) is 0.857. The highest BCUT2D eigenvalue weighted by Crippen LogP contribution is 2.22. The van der Waals surface area contributed by atoms with Gasteiger partial charge >= 0.3 is 0 Å². The van der Waals surface area contributed by atoms with Crippen LogP contribution in [0.2, 0.25) is 0 Å². The largest absolute Gasteiger partial charge is 0.378 e. The van der Waals surface area contributed by atoms with Crippen molar-refractivity contribution in [2.75, 3.05) is 6.61 Å². The smallest absolute Gasteiger partial charge is 0.180 e. The molecule has 70 valence electrons. The van der Waals surface area contributed by atoms with Crippen LogP contribution in [0.25, 0.3) is 0 Å². The standard InChI is InChI=1S/C7H15N3OS/c1-2-11-6-3-5(4-6)9-7(12)10-8/h5-6H,2-4,8H2,1H3,(H2,9,10,12). The predicted molar refractivity (Wildman–Crippen MR) is 51.5 cm³/mol. The predicted octanol–water partition coefficient (Wildman–Crippen LogP) is -0.108. The number of hydrazine groups is 1. The molecule has 0 saturated heterocycles. The average molecular weight is 189 g/mol. The summed E-state index contributed by atoms with van der Waals surface area (Å²) in [6.07, 6.45) is 2.46. The van der Waals surface area contributed by atoms with Gasteiger partial charge in [-0.2, -0.15) is 0 Å². The monoisotopic (exact) mass is 189 g/mol. The van der Waals surface area contributed by atoms with Crippen LogP contribution in [0, 0.1) is 0 Å². The van der Waals surface area contributed by atoms with Gasteiger partial charge in [0.1, 0.15) is 0 Å². The maximum Gasteiger partial charge on any atom is 0.180 e. The van der Waals surface area contributed by atoms with E-state index in [1.54, 1.807) is 0 Å². The van der Waals surface area contributed by atoms with Crippen LogP contribution in [0.5, 0.6) is 0 Å². The first-order valence-electron chi connectivity index (χ1n) is 4.15. The second-order valence-corrected chi connectivity index (χ2v) is 3.27. The molecule has 1 aliphatic rings. The van der Waals surface area contributed by atoms with E-state index in [1.807, 2.05) is 6.92 Å². The lowest BCUT2D eigenvalue weighted by Gasteiger charge is -2.35. The van der Waals surface area contributed by atoms with Gasteiger partial charge in [0.15, 0.2) is 5.11 Å². The number of thiocarbonyl (C=S) groups is 1. The molecular weight excluding hydrogens is 174 g/mol. The Morgan fingerprint density at radius 3 is 2.83 bits per heavy atom. The molecule has 1 rings (SSSR count). The molecular formula is C7H15N3OS. The van der Waals surface area contributed by atoms with Crippen LogP contribution >= 0.6 is 12.2 Å². The molecule has 1 fully saturated rings. The van der Waals surface area contributed by atoms with E-state index < -0.39 is 0 Å².